The van der Waals surface area contributed by atoms with Gasteiger partial charge in [0.2, 0.25) is 0 Å². The van der Waals surface area contributed by atoms with Gasteiger partial charge in [-0.3, -0.25) is 0 Å². The molecule has 7 heteroatoms. The molecule has 2 aromatic heterocycles. The standard InChI is InChI=1S/C22H21ClFN5/c1-15(20-13-27-29(16(20)2)19-7-5-6-18(24)10-19)25-11-17-12-26-28(14-17)22-9-4-3-8-21(22)23/h3-10,12-15,25H,11H2,1-2H3/t15-/m1/s1. The van der Waals surface area contributed by atoms with Crippen LogP contribution in [0.5, 0.6) is 0 Å². The second-order valence-electron chi connectivity index (χ2n) is 6.92. The van der Waals surface area contributed by atoms with Gasteiger partial charge in [-0.25, -0.2) is 13.8 Å². The Morgan fingerprint density at radius 3 is 2.72 bits per heavy atom. The van der Waals surface area contributed by atoms with Crippen LogP contribution in [0.25, 0.3) is 11.4 Å². The lowest BCUT2D eigenvalue weighted by atomic mass is 10.1. The molecule has 29 heavy (non-hydrogen) atoms. The van der Waals surface area contributed by atoms with Crippen LogP contribution in [0.1, 0.15) is 29.8 Å². The number of benzene rings is 2. The highest BCUT2D eigenvalue weighted by Gasteiger charge is 2.15. The summed E-state index contributed by atoms with van der Waals surface area (Å²) in [6.07, 6.45) is 5.61. The molecule has 4 rings (SSSR count). The molecular formula is C22H21ClFN5. The molecule has 0 aliphatic carbocycles. The van der Waals surface area contributed by atoms with Gasteiger partial charge in [-0.05, 0) is 44.2 Å². The van der Waals surface area contributed by atoms with Crippen molar-refractivity contribution in [2.45, 2.75) is 26.4 Å². The Kier molecular flexibility index (Phi) is 5.47. The van der Waals surface area contributed by atoms with Crippen molar-refractivity contribution in [3.8, 4) is 11.4 Å². The number of aromatic nitrogens is 4. The molecular weight excluding hydrogens is 389 g/mol. The number of nitrogens with one attached hydrogen (secondary N) is 1. The van der Waals surface area contributed by atoms with Gasteiger partial charge in [0.05, 0.1) is 28.8 Å². The third-order valence-electron chi connectivity index (χ3n) is 4.91. The van der Waals surface area contributed by atoms with Gasteiger partial charge in [0.1, 0.15) is 5.82 Å². The molecule has 0 saturated carbocycles. The van der Waals surface area contributed by atoms with Crippen molar-refractivity contribution in [2.75, 3.05) is 0 Å². The Morgan fingerprint density at radius 1 is 1.10 bits per heavy atom. The van der Waals surface area contributed by atoms with E-state index in [0.717, 1.165) is 22.5 Å². The molecule has 1 N–H and O–H groups in total. The highest BCUT2D eigenvalue weighted by molar-refractivity contribution is 6.32. The minimum atomic E-state index is -0.277. The third kappa shape index (κ3) is 4.09. The minimum absolute atomic E-state index is 0.0703. The lowest BCUT2D eigenvalue weighted by Gasteiger charge is -2.13. The van der Waals surface area contributed by atoms with Gasteiger partial charge in [0, 0.05) is 35.6 Å². The van der Waals surface area contributed by atoms with Crippen LogP contribution in [0.3, 0.4) is 0 Å². The van der Waals surface area contributed by atoms with Crippen molar-refractivity contribution in [2.24, 2.45) is 0 Å². The molecule has 0 aliphatic rings. The van der Waals surface area contributed by atoms with Crippen molar-refractivity contribution in [3.63, 3.8) is 0 Å². The minimum Gasteiger partial charge on any atom is -0.306 e. The van der Waals surface area contributed by atoms with Crippen molar-refractivity contribution in [3.05, 3.63) is 94.8 Å². The maximum absolute atomic E-state index is 13.5. The van der Waals surface area contributed by atoms with E-state index in [1.54, 1.807) is 15.4 Å². The van der Waals surface area contributed by atoms with E-state index in [1.165, 1.54) is 12.1 Å². The van der Waals surface area contributed by atoms with Crippen LogP contribution in [0.15, 0.2) is 67.1 Å². The molecule has 0 amide bonds. The van der Waals surface area contributed by atoms with Crippen LogP contribution in [0.2, 0.25) is 5.02 Å². The number of nitrogens with zero attached hydrogens (tertiary/aromatic N) is 4. The van der Waals surface area contributed by atoms with Gasteiger partial charge in [0.15, 0.2) is 0 Å². The lowest BCUT2D eigenvalue weighted by Crippen LogP contribution is -2.18. The molecule has 0 radical (unpaired) electrons. The van der Waals surface area contributed by atoms with E-state index >= 15 is 0 Å². The van der Waals surface area contributed by atoms with E-state index < -0.39 is 0 Å². The molecule has 0 bridgehead atoms. The fourth-order valence-electron chi connectivity index (χ4n) is 3.32. The largest absolute Gasteiger partial charge is 0.306 e. The summed E-state index contributed by atoms with van der Waals surface area (Å²) >= 11 is 6.25. The maximum atomic E-state index is 13.5. The Labute approximate surface area is 173 Å². The van der Waals surface area contributed by atoms with Crippen molar-refractivity contribution >= 4 is 11.6 Å². The van der Waals surface area contributed by atoms with Crippen molar-refractivity contribution in [1.82, 2.24) is 24.9 Å². The fourth-order valence-corrected chi connectivity index (χ4v) is 3.54. The van der Waals surface area contributed by atoms with E-state index in [0.29, 0.717) is 17.3 Å². The Hall–Kier alpha value is -2.96. The van der Waals surface area contributed by atoms with Crippen molar-refractivity contribution < 1.29 is 4.39 Å². The third-order valence-corrected chi connectivity index (χ3v) is 5.23. The summed E-state index contributed by atoms with van der Waals surface area (Å²) in [6.45, 7) is 4.72. The Bertz CT molecular complexity index is 1130. The van der Waals surface area contributed by atoms with Crippen LogP contribution < -0.4 is 5.32 Å². The molecule has 0 saturated heterocycles. The average molecular weight is 410 g/mol. The summed E-state index contributed by atoms with van der Waals surface area (Å²) in [6, 6.07) is 14.1. The summed E-state index contributed by atoms with van der Waals surface area (Å²) in [7, 11) is 0. The first-order chi connectivity index (χ1) is 14.0. The number of para-hydroxylation sites is 1. The zero-order valence-corrected chi connectivity index (χ0v) is 16.9. The lowest BCUT2D eigenvalue weighted by molar-refractivity contribution is 0.571. The van der Waals surface area contributed by atoms with Crippen LogP contribution in [-0.4, -0.2) is 19.6 Å². The molecule has 0 spiro atoms. The Morgan fingerprint density at radius 2 is 1.93 bits per heavy atom. The monoisotopic (exact) mass is 409 g/mol. The first kappa shape index (κ1) is 19.4. The smallest absolute Gasteiger partial charge is 0.125 e. The van der Waals surface area contributed by atoms with E-state index in [9.17, 15) is 4.39 Å². The normalized spacial score (nSPS) is 12.3. The molecule has 1 atom stereocenters. The van der Waals surface area contributed by atoms with Crippen LogP contribution in [0, 0.1) is 12.7 Å². The second-order valence-corrected chi connectivity index (χ2v) is 7.33. The molecule has 148 valence electrons. The summed E-state index contributed by atoms with van der Waals surface area (Å²) in [5.74, 6) is -0.277. The van der Waals surface area contributed by atoms with Gasteiger partial charge < -0.3 is 5.32 Å². The molecule has 2 aromatic carbocycles. The predicted molar refractivity (Wildman–Crippen MR) is 112 cm³/mol. The number of hydrogen-bond donors (Lipinski definition) is 1. The van der Waals surface area contributed by atoms with E-state index in [4.69, 9.17) is 11.6 Å². The zero-order valence-electron chi connectivity index (χ0n) is 16.2. The van der Waals surface area contributed by atoms with E-state index in [-0.39, 0.29) is 11.9 Å². The number of hydrogen-bond acceptors (Lipinski definition) is 3. The van der Waals surface area contributed by atoms with Crippen molar-refractivity contribution in [1.29, 1.82) is 0 Å². The topological polar surface area (TPSA) is 47.7 Å². The molecule has 0 fully saturated rings. The SMILES string of the molecule is Cc1c([C@@H](C)NCc2cnn(-c3ccccc3Cl)c2)cnn1-c1cccc(F)c1. The summed E-state index contributed by atoms with van der Waals surface area (Å²) < 4.78 is 17.1. The number of rotatable bonds is 6. The summed E-state index contributed by atoms with van der Waals surface area (Å²) in [4.78, 5) is 0. The molecule has 5 nitrogen and oxygen atoms in total. The van der Waals surface area contributed by atoms with Gasteiger partial charge in [0.25, 0.3) is 0 Å². The predicted octanol–water partition coefficient (Wildman–Crippen LogP) is 5.01. The quantitative estimate of drug-likeness (QED) is 0.487. The molecule has 0 aliphatic heterocycles. The van der Waals surface area contributed by atoms with Gasteiger partial charge in [-0.15, -0.1) is 0 Å². The summed E-state index contributed by atoms with van der Waals surface area (Å²) in [5.41, 5.74) is 4.64. The van der Waals surface area contributed by atoms with Crippen LogP contribution in [-0.2, 0) is 6.54 Å². The highest BCUT2D eigenvalue weighted by Crippen LogP contribution is 2.22. The van der Waals surface area contributed by atoms with Crippen LogP contribution >= 0.6 is 11.6 Å². The highest BCUT2D eigenvalue weighted by atomic mass is 35.5. The van der Waals surface area contributed by atoms with Gasteiger partial charge in [-0.2, -0.15) is 10.2 Å². The second kappa shape index (κ2) is 8.19. The first-order valence-electron chi connectivity index (χ1n) is 9.35. The maximum Gasteiger partial charge on any atom is 0.125 e. The zero-order chi connectivity index (χ0) is 20.4. The van der Waals surface area contributed by atoms with E-state index in [1.807, 2.05) is 55.8 Å². The molecule has 4 aromatic rings. The molecule has 0 unspecified atom stereocenters. The average Bonchev–Trinajstić information content (AvgIpc) is 3.33. The van der Waals surface area contributed by atoms with E-state index in [2.05, 4.69) is 22.4 Å². The van der Waals surface area contributed by atoms with Gasteiger partial charge in [-0.1, -0.05) is 29.8 Å². The number of halogens is 2. The first-order valence-corrected chi connectivity index (χ1v) is 9.73. The Balaban J connectivity index is 1.46. The van der Waals surface area contributed by atoms with Crippen LogP contribution in [0.4, 0.5) is 4.39 Å². The summed E-state index contributed by atoms with van der Waals surface area (Å²) in [5, 5.41) is 13.0. The molecule has 2 heterocycles. The van der Waals surface area contributed by atoms with Gasteiger partial charge >= 0.3 is 0 Å². The fraction of sp³-hybridized carbons (Fsp3) is 0.182.